The van der Waals surface area contributed by atoms with Crippen LogP contribution < -0.4 is 16.6 Å². The molecule has 1 heterocycles. The Labute approximate surface area is 119 Å². The highest BCUT2D eigenvalue weighted by molar-refractivity contribution is 5.91. The van der Waals surface area contributed by atoms with E-state index < -0.39 is 0 Å². The van der Waals surface area contributed by atoms with Gasteiger partial charge in [-0.1, -0.05) is 0 Å². The second kappa shape index (κ2) is 7.76. The highest BCUT2D eigenvalue weighted by Gasteiger charge is 2.14. The predicted molar refractivity (Wildman–Crippen MR) is 79.2 cm³/mol. The van der Waals surface area contributed by atoms with Crippen molar-refractivity contribution in [2.24, 2.45) is 5.84 Å². The first-order chi connectivity index (χ1) is 9.45. The summed E-state index contributed by atoms with van der Waals surface area (Å²) >= 11 is 0. The predicted octanol–water partition coefficient (Wildman–Crippen LogP) is 0.611. The lowest BCUT2D eigenvalue weighted by Gasteiger charge is -2.30. The minimum atomic E-state index is -0.228. The maximum atomic E-state index is 11.9. The SMILES string of the molecule is CC(C)N(CCNC(=O)c1cnc(NN)cn1)C(C)C. The second-order valence-electron chi connectivity index (χ2n) is 5.11. The van der Waals surface area contributed by atoms with Crippen LogP contribution in [0.3, 0.4) is 0 Å². The molecule has 0 aromatic carbocycles. The summed E-state index contributed by atoms with van der Waals surface area (Å²) in [6.45, 7) is 9.96. The van der Waals surface area contributed by atoms with E-state index >= 15 is 0 Å². The fourth-order valence-corrected chi connectivity index (χ4v) is 2.02. The number of nitrogens with one attached hydrogen (secondary N) is 2. The lowest BCUT2D eigenvalue weighted by atomic mass is 10.2. The van der Waals surface area contributed by atoms with Gasteiger partial charge >= 0.3 is 0 Å². The van der Waals surface area contributed by atoms with E-state index in [0.29, 0.717) is 24.4 Å². The number of rotatable bonds is 7. The van der Waals surface area contributed by atoms with Gasteiger partial charge in [0, 0.05) is 25.2 Å². The van der Waals surface area contributed by atoms with Gasteiger partial charge in [0.1, 0.15) is 5.69 Å². The third kappa shape index (κ3) is 4.75. The van der Waals surface area contributed by atoms with Gasteiger partial charge in [-0.25, -0.2) is 15.8 Å². The zero-order chi connectivity index (χ0) is 15.1. The minimum Gasteiger partial charge on any atom is -0.349 e. The summed E-state index contributed by atoms with van der Waals surface area (Å²) in [7, 11) is 0. The normalized spacial score (nSPS) is 11.2. The summed E-state index contributed by atoms with van der Waals surface area (Å²) in [5, 5.41) is 2.84. The van der Waals surface area contributed by atoms with E-state index in [1.54, 1.807) is 0 Å². The van der Waals surface area contributed by atoms with E-state index in [1.165, 1.54) is 12.4 Å². The van der Waals surface area contributed by atoms with Crippen molar-refractivity contribution in [3.05, 3.63) is 18.1 Å². The average Bonchev–Trinajstić information content (AvgIpc) is 2.42. The third-order valence-electron chi connectivity index (χ3n) is 3.01. The van der Waals surface area contributed by atoms with Crippen LogP contribution in [0.2, 0.25) is 0 Å². The second-order valence-corrected chi connectivity index (χ2v) is 5.11. The molecule has 0 spiro atoms. The van der Waals surface area contributed by atoms with Crippen molar-refractivity contribution >= 4 is 11.7 Å². The first-order valence-corrected chi connectivity index (χ1v) is 6.78. The molecule has 4 N–H and O–H groups in total. The number of amides is 1. The molecule has 0 atom stereocenters. The van der Waals surface area contributed by atoms with Crippen LogP contribution in [0.25, 0.3) is 0 Å². The molecule has 112 valence electrons. The Bertz CT molecular complexity index is 409. The molecule has 1 amide bonds. The zero-order valence-corrected chi connectivity index (χ0v) is 12.6. The van der Waals surface area contributed by atoms with Crippen LogP contribution in [-0.4, -0.2) is 45.9 Å². The van der Waals surface area contributed by atoms with Gasteiger partial charge in [-0.3, -0.25) is 9.69 Å². The average molecular weight is 280 g/mol. The number of nitrogens with two attached hydrogens (primary N) is 1. The van der Waals surface area contributed by atoms with Crippen LogP contribution in [0.5, 0.6) is 0 Å². The van der Waals surface area contributed by atoms with Crippen molar-refractivity contribution in [1.29, 1.82) is 0 Å². The number of nitrogen functional groups attached to an aromatic ring is 1. The van der Waals surface area contributed by atoms with Gasteiger partial charge in [0.2, 0.25) is 0 Å². The zero-order valence-electron chi connectivity index (χ0n) is 12.6. The van der Waals surface area contributed by atoms with E-state index in [9.17, 15) is 4.79 Å². The van der Waals surface area contributed by atoms with Crippen LogP contribution in [-0.2, 0) is 0 Å². The number of hydrogen-bond acceptors (Lipinski definition) is 6. The smallest absolute Gasteiger partial charge is 0.271 e. The van der Waals surface area contributed by atoms with Gasteiger partial charge in [-0.2, -0.15) is 0 Å². The molecule has 0 saturated heterocycles. The molecule has 0 unspecified atom stereocenters. The van der Waals surface area contributed by atoms with Gasteiger partial charge in [0.05, 0.1) is 12.4 Å². The molecule has 0 aliphatic rings. The van der Waals surface area contributed by atoms with Crippen molar-refractivity contribution < 1.29 is 4.79 Å². The van der Waals surface area contributed by atoms with Gasteiger partial charge < -0.3 is 10.7 Å². The standard InChI is InChI=1S/C13H24N6O/c1-9(2)19(10(3)4)6-5-15-13(20)11-7-17-12(18-14)8-16-11/h7-10H,5-6,14H2,1-4H3,(H,15,20)(H,17,18). The number of hydrogen-bond donors (Lipinski definition) is 3. The van der Waals surface area contributed by atoms with Crippen molar-refractivity contribution in [2.45, 2.75) is 39.8 Å². The minimum absolute atomic E-state index is 0.228. The molecule has 0 saturated carbocycles. The number of nitrogens with zero attached hydrogens (tertiary/aromatic N) is 3. The van der Waals surface area contributed by atoms with E-state index in [-0.39, 0.29) is 11.6 Å². The van der Waals surface area contributed by atoms with Crippen molar-refractivity contribution in [3.8, 4) is 0 Å². The molecule has 1 aromatic rings. The Balaban J connectivity index is 2.46. The number of carbonyl (C=O) groups excluding carboxylic acids is 1. The summed E-state index contributed by atoms with van der Waals surface area (Å²) in [5.41, 5.74) is 2.65. The van der Waals surface area contributed by atoms with E-state index in [0.717, 1.165) is 6.54 Å². The Morgan fingerprint density at radius 3 is 2.35 bits per heavy atom. The number of carbonyl (C=O) groups is 1. The first kappa shape index (κ1) is 16.3. The highest BCUT2D eigenvalue weighted by Crippen LogP contribution is 2.03. The van der Waals surface area contributed by atoms with E-state index in [1.807, 2.05) is 0 Å². The summed E-state index contributed by atoms with van der Waals surface area (Å²) in [6.07, 6.45) is 2.82. The van der Waals surface area contributed by atoms with Crippen LogP contribution in [0.1, 0.15) is 38.2 Å². The summed E-state index contributed by atoms with van der Waals surface area (Å²) in [6, 6.07) is 0.892. The molecule has 1 aromatic heterocycles. The molecule has 0 aliphatic carbocycles. The molecule has 1 rings (SSSR count). The van der Waals surface area contributed by atoms with Crippen LogP contribution in [0.4, 0.5) is 5.82 Å². The molecular weight excluding hydrogens is 256 g/mol. The molecule has 0 fully saturated rings. The molecule has 7 nitrogen and oxygen atoms in total. The molecule has 0 aliphatic heterocycles. The summed E-state index contributed by atoms with van der Waals surface area (Å²) in [4.78, 5) is 22.1. The van der Waals surface area contributed by atoms with Crippen molar-refractivity contribution in [2.75, 3.05) is 18.5 Å². The lowest BCUT2D eigenvalue weighted by Crippen LogP contribution is -2.42. The number of anilines is 1. The Morgan fingerprint density at radius 1 is 1.25 bits per heavy atom. The third-order valence-corrected chi connectivity index (χ3v) is 3.01. The van der Waals surface area contributed by atoms with Crippen molar-refractivity contribution in [1.82, 2.24) is 20.2 Å². The van der Waals surface area contributed by atoms with Gasteiger partial charge in [-0.05, 0) is 27.7 Å². The summed E-state index contributed by atoms with van der Waals surface area (Å²) < 4.78 is 0. The van der Waals surface area contributed by atoms with Gasteiger partial charge in [0.15, 0.2) is 5.82 Å². The topological polar surface area (TPSA) is 96.2 Å². The Kier molecular flexibility index (Phi) is 6.33. The quantitative estimate of drug-likeness (QED) is 0.500. The Hall–Kier alpha value is -1.73. The number of aromatic nitrogens is 2. The van der Waals surface area contributed by atoms with Gasteiger partial charge in [0.25, 0.3) is 5.91 Å². The van der Waals surface area contributed by atoms with Crippen LogP contribution >= 0.6 is 0 Å². The summed E-state index contributed by atoms with van der Waals surface area (Å²) in [5.74, 6) is 5.38. The Morgan fingerprint density at radius 2 is 1.90 bits per heavy atom. The first-order valence-electron chi connectivity index (χ1n) is 6.78. The molecule has 0 bridgehead atoms. The fourth-order valence-electron chi connectivity index (χ4n) is 2.02. The number of hydrazine groups is 1. The van der Waals surface area contributed by atoms with Gasteiger partial charge in [-0.15, -0.1) is 0 Å². The van der Waals surface area contributed by atoms with Crippen LogP contribution in [0.15, 0.2) is 12.4 Å². The van der Waals surface area contributed by atoms with Crippen molar-refractivity contribution in [3.63, 3.8) is 0 Å². The maximum Gasteiger partial charge on any atom is 0.271 e. The monoisotopic (exact) mass is 280 g/mol. The maximum absolute atomic E-state index is 11.9. The van der Waals surface area contributed by atoms with E-state index in [4.69, 9.17) is 5.84 Å². The molecule has 20 heavy (non-hydrogen) atoms. The van der Waals surface area contributed by atoms with Crippen LogP contribution in [0, 0.1) is 0 Å². The molecular formula is C13H24N6O. The molecule has 7 heteroatoms. The molecule has 0 radical (unpaired) electrons. The highest BCUT2D eigenvalue weighted by atomic mass is 16.1. The fraction of sp³-hybridized carbons (Fsp3) is 0.615. The van der Waals surface area contributed by atoms with E-state index in [2.05, 4.69) is 53.3 Å². The lowest BCUT2D eigenvalue weighted by molar-refractivity contribution is 0.0934. The largest absolute Gasteiger partial charge is 0.349 e.